The van der Waals surface area contributed by atoms with Gasteiger partial charge in [-0.05, 0) is 0 Å². The molecule has 3 atom stereocenters. The second-order valence-corrected chi connectivity index (χ2v) is 28.6. The molecule has 0 spiro atoms. The van der Waals surface area contributed by atoms with Crippen molar-refractivity contribution in [1.29, 1.82) is 0 Å². The summed E-state index contributed by atoms with van der Waals surface area (Å²) in [5.41, 5.74) is 1.03. The van der Waals surface area contributed by atoms with Crippen LogP contribution in [0.25, 0.3) is 0 Å². The molecule has 2 rings (SSSR count). The quantitative estimate of drug-likeness (QED) is 0.551. The van der Waals surface area contributed by atoms with Crippen molar-refractivity contribution in [3.05, 3.63) is 40.0 Å². The van der Waals surface area contributed by atoms with E-state index in [0.717, 1.165) is 5.56 Å². The van der Waals surface area contributed by atoms with Gasteiger partial charge in [-0.15, -0.1) is 0 Å². The Balaban J connectivity index is 2.32. The van der Waals surface area contributed by atoms with Crippen molar-refractivity contribution in [3.8, 4) is 0 Å². The third-order valence-electron chi connectivity index (χ3n) is 5.46. The Morgan fingerprint density at radius 3 is 2.24 bits per heavy atom. The molecular weight excluding hydrogens is 511 g/mol. The van der Waals surface area contributed by atoms with Gasteiger partial charge in [-0.2, -0.15) is 0 Å². The first-order chi connectivity index (χ1) is 13.1. The molecule has 0 saturated carbocycles. The summed E-state index contributed by atoms with van der Waals surface area (Å²) in [6.45, 7) is 13.0. The number of piperidine rings is 1. The topological polar surface area (TPSA) is 66.5 Å². The van der Waals surface area contributed by atoms with Crippen molar-refractivity contribution in [2.24, 2.45) is 5.92 Å². The van der Waals surface area contributed by atoms with Gasteiger partial charge >= 0.3 is 185 Å². The molecular formula is C21H36N2O3S2Sn. The maximum absolute atomic E-state index is 13.2. The molecule has 8 heteroatoms. The second kappa shape index (κ2) is 9.10. The zero-order valence-corrected chi connectivity index (χ0v) is 23.3. The fraction of sp³-hybridized carbons (Fsp3) is 0.619. The molecule has 1 aromatic carbocycles. The monoisotopic (exact) mass is 548 g/mol. The Morgan fingerprint density at radius 1 is 1.21 bits per heavy atom. The molecule has 0 aliphatic carbocycles. The van der Waals surface area contributed by atoms with Crippen LogP contribution in [0, 0.1) is 12.8 Å². The van der Waals surface area contributed by atoms with E-state index in [1.165, 1.54) is 3.59 Å². The Kier molecular flexibility index (Phi) is 7.86. The molecule has 1 fully saturated rings. The van der Waals surface area contributed by atoms with E-state index < -0.39 is 39.4 Å². The van der Waals surface area contributed by atoms with Gasteiger partial charge in [0.05, 0.1) is 0 Å². The van der Waals surface area contributed by atoms with Crippen LogP contribution in [-0.2, 0) is 21.0 Å². The maximum atomic E-state index is 13.2. The van der Waals surface area contributed by atoms with Crippen LogP contribution in [0.4, 0.5) is 0 Å². The number of aryl methyl sites for hydroxylation is 1. The van der Waals surface area contributed by atoms with Crippen LogP contribution < -0.4 is 4.72 Å². The normalized spacial score (nSPS) is 23.0. The van der Waals surface area contributed by atoms with E-state index in [1.807, 2.05) is 39.8 Å². The van der Waals surface area contributed by atoms with Gasteiger partial charge in [-0.25, -0.2) is 0 Å². The first-order valence-corrected chi connectivity index (χ1v) is 22.7. The summed E-state index contributed by atoms with van der Waals surface area (Å²) in [7, 11) is -4.76. The average molecular weight is 547 g/mol. The van der Waals surface area contributed by atoms with Crippen LogP contribution in [0.1, 0.15) is 32.8 Å². The Hall–Kier alpha value is -0.221. The molecule has 1 heterocycles. The van der Waals surface area contributed by atoms with Crippen LogP contribution in [0.5, 0.6) is 0 Å². The third-order valence-corrected chi connectivity index (χ3v) is 15.5. The van der Waals surface area contributed by atoms with Crippen LogP contribution >= 0.6 is 0 Å². The summed E-state index contributed by atoms with van der Waals surface area (Å²) < 4.78 is 44.9. The Bertz CT molecular complexity index is 869. The van der Waals surface area contributed by atoms with E-state index in [1.54, 1.807) is 16.4 Å². The number of nitrogens with one attached hydrogen (secondary N) is 1. The van der Waals surface area contributed by atoms with Crippen LogP contribution in [-0.4, -0.2) is 59.2 Å². The van der Waals surface area contributed by atoms with Gasteiger partial charge in [0.1, 0.15) is 0 Å². The van der Waals surface area contributed by atoms with Gasteiger partial charge in [0.25, 0.3) is 0 Å². The Labute approximate surface area is 183 Å². The summed E-state index contributed by atoms with van der Waals surface area (Å²) in [6.07, 6.45) is 0.624. The fourth-order valence-electron chi connectivity index (χ4n) is 3.36. The molecule has 1 aromatic rings. The van der Waals surface area contributed by atoms with Gasteiger partial charge < -0.3 is 0 Å². The van der Waals surface area contributed by atoms with Gasteiger partial charge in [-0.3, -0.25) is 0 Å². The summed E-state index contributed by atoms with van der Waals surface area (Å²) in [4.78, 5) is 7.21. The first kappa shape index (κ1) is 25.0. The van der Waals surface area contributed by atoms with E-state index in [2.05, 4.69) is 26.1 Å². The molecule has 5 nitrogen and oxygen atoms in total. The van der Waals surface area contributed by atoms with Crippen LogP contribution in [0.15, 0.2) is 39.3 Å². The number of benzene rings is 1. The molecule has 1 aliphatic rings. The van der Waals surface area contributed by atoms with Gasteiger partial charge in [-0.1, -0.05) is 0 Å². The summed E-state index contributed by atoms with van der Waals surface area (Å²) in [5, 5.41) is 0. The van der Waals surface area contributed by atoms with Crippen LogP contribution in [0.2, 0.25) is 14.8 Å². The van der Waals surface area contributed by atoms with Crippen molar-refractivity contribution in [1.82, 2.24) is 9.03 Å². The van der Waals surface area contributed by atoms with E-state index in [0.29, 0.717) is 24.4 Å². The van der Waals surface area contributed by atoms with Gasteiger partial charge in [0.2, 0.25) is 0 Å². The zero-order chi connectivity index (χ0) is 22.2. The number of hydrogen-bond acceptors (Lipinski definition) is 3. The molecule has 1 unspecified atom stereocenters. The molecule has 0 radical (unpaired) electrons. The third kappa shape index (κ3) is 6.15. The van der Waals surface area contributed by atoms with Gasteiger partial charge in [0.15, 0.2) is 0 Å². The predicted molar refractivity (Wildman–Crippen MR) is 125 cm³/mol. The molecule has 29 heavy (non-hydrogen) atoms. The van der Waals surface area contributed by atoms with E-state index >= 15 is 0 Å². The molecule has 1 aliphatic heterocycles. The number of nitrogens with zero attached hydrogens (tertiary/aromatic N) is 1. The van der Waals surface area contributed by atoms with E-state index in [4.69, 9.17) is 0 Å². The SMILES string of the molecule is C=[C]([C@H]1CN(S(=O)(=O)c2ccc(C)cc2)CC[C@H]1NS(=O)C(C)(C)C)[Sn]([CH3])([CH3])[CH3]. The van der Waals surface area contributed by atoms with Gasteiger partial charge in [0, 0.05) is 0 Å². The minimum absolute atomic E-state index is 0.0222. The molecule has 1 N–H and O–H groups in total. The average Bonchev–Trinajstić information content (AvgIpc) is 2.60. The predicted octanol–water partition coefficient (Wildman–Crippen LogP) is 3.86. The van der Waals surface area contributed by atoms with E-state index in [-0.39, 0.29) is 16.7 Å². The van der Waals surface area contributed by atoms with Crippen molar-refractivity contribution < 1.29 is 12.6 Å². The molecule has 1 saturated heterocycles. The number of rotatable bonds is 6. The molecule has 164 valence electrons. The van der Waals surface area contributed by atoms with E-state index in [9.17, 15) is 12.6 Å². The molecule has 0 aromatic heterocycles. The first-order valence-electron chi connectivity index (χ1n) is 10.1. The molecule has 0 bridgehead atoms. The molecule has 0 amide bonds. The number of hydrogen-bond donors (Lipinski definition) is 1. The van der Waals surface area contributed by atoms with Crippen molar-refractivity contribution >= 4 is 39.4 Å². The van der Waals surface area contributed by atoms with Crippen molar-refractivity contribution in [2.75, 3.05) is 13.1 Å². The summed E-state index contributed by atoms with van der Waals surface area (Å²) in [6, 6.07) is 6.99. The summed E-state index contributed by atoms with van der Waals surface area (Å²) in [5.74, 6) is -0.0222. The number of sulfonamides is 1. The second-order valence-electron chi connectivity index (χ2n) is 9.95. The zero-order valence-electron chi connectivity index (χ0n) is 18.8. The Morgan fingerprint density at radius 2 is 1.76 bits per heavy atom. The standard InChI is InChI=1S/C18H27N2O3S2.3CH3.Sn/c1-6-15-13-20(12-11-17(15)19-24(21)18(3,4)5)25(22,23)16-9-7-14(2)8-10-16;;;;/h7-10,15,17,19H,1,11-13H2,2-5H3;3*1H3;/t15-,17+,24?;;;;/m0..../s1. The van der Waals surface area contributed by atoms with Crippen LogP contribution in [0.3, 0.4) is 0 Å². The van der Waals surface area contributed by atoms with Crippen molar-refractivity contribution in [3.63, 3.8) is 0 Å². The summed E-state index contributed by atoms with van der Waals surface area (Å²) >= 11 is -2.51. The minimum atomic E-state index is -3.56. The fourth-order valence-corrected chi connectivity index (χ4v) is 9.77. The van der Waals surface area contributed by atoms with Crippen molar-refractivity contribution in [2.45, 2.75) is 64.6 Å².